The van der Waals surface area contributed by atoms with Gasteiger partial charge in [-0.15, -0.1) is 11.6 Å². The predicted molar refractivity (Wildman–Crippen MR) is 46.8 cm³/mol. The van der Waals surface area contributed by atoms with E-state index in [2.05, 4.69) is 6.92 Å². The molecule has 0 saturated carbocycles. The van der Waals surface area contributed by atoms with Crippen LogP contribution in [0.5, 0.6) is 0 Å². The average Bonchev–Trinajstić information content (AvgIpc) is 1.86. The van der Waals surface area contributed by atoms with Gasteiger partial charge >= 0.3 is 0 Å². The quantitative estimate of drug-likeness (QED) is 0.406. The minimum atomic E-state index is -2.25. The number of halogens is 2. The molecule has 0 saturated heterocycles. The smallest absolute Gasteiger partial charge is 0.260 e. The lowest BCUT2D eigenvalue weighted by molar-refractivity contribution is -0.0872. The summed E-state index contributed by atoms with van der Waals surface area (Å²) in [5.74, 6) is 0. The molecule has 0 spiro atoms. The molecule has 4 heteroatoms. The van der Waals surface area contributed by atoms with Crippen LogP contribution in [-0.4, -0.2) is 20.8 Å². The summed E-state index contributed by atoms with van der Waals surface area (Å²) in [6, 6.07) is 0. The highest BCUT2D eigenvalue weighted by molar-refractivity contribution is 6.30. The number of aliphatic hydroxyl groups is 2. The summed E-state index contributed by atoms with van der Waals surface area (Å²) in [5.41, 5.74) is 0. The molecule has 0 aliphatic rings. The molecule has 0 aliphatic heterocycles. The van der Waals surface area contributed by atoms with Crippen LogP contribution in [-0.2, 0) is 0 Å². The van der Waals surface area contributed by atoms with Gasteiger partial charge in [0.25, 0.3) is 5.25 Å². The van der Waals surface area contributed by atoms with Crippen LogP contribution in [0.3, 0.4) is 0 Å². The van der Waals surface area contributed by atoms with Gasteiger partial charge < -0.3 is 10.2 Å². The molecule has 0 amide bonds. The van der Waals surface area contributed by atoms with Crippen LogP contribution >= 0.6 is 23.2 Å². The zero-order valence-corrected chi connectivity index (χ0v) is 8.07. The first-order chi connectivity index (χ1) is 4.98. The van der Waals surface area contributed by atoms with Crippen LogP contribution in [0.15, 0.2) is 0 Å². The first kappa shape index (κ1) is 11.5. The van der Waals surface area contributed by atoms with Crippen LogP contribution in [0.4, 0.5) is 0 Å². The third-order valence-electron chi connectivity index (χ3n) is 1.46. The second-order valence-corrected chi connectivity index (χ2v) is 3.68. The Hall–Kier alpha value is 0.500. The number of rotatable bonds is 5. The van der Waals surface area contributed by atoms with Gasteiger partial charge in [-0.25, -0.2) is 0 Å². The molecule has 0 aromatic heterocycles. The monoisotopic (exact) mass is 200 g/mol. The summed E-state index contributed by atoms with van der Waals surface area (Å²) in [5, 5.41) is 14.5. The van der Waals surface area contributed by atoms with Crippen molar-refractivity contribution in [1.29, 1.82) is 0 Å². The lowest BCUT2D eigenvalue weighted by atomic mass is 10.1. The molecular formula is C7H14Cl2O2. The number of unbranched alkanes of at least 4 members (excludes halogenated alkanes) is 2. The molecule has 2 N–H and O–H groups in total. The topological polar surface area (TPSA) is 40.5 Å². The third-order valence-corrected chi connectivity index (χ3v) is 2.36. The van der Waals surface area contributed by atoms with Gasteiger partial charge in [-0.05, 0) is 6.42 Å². The SMILES string of the molecule is CCCCCC(Cl)C(O)(O)Cl. The number of hydrogen-bond acceptors (Lipinski definition) is 2. The lowest BCUT2D eigenvalue weighted by Gasteiger charge is -2.18. The normalized spacial score (nSPS) is 15.0. The Labute approximate surface area is 77.1 Å². The second-order valence-electron chi connectivity index (χ2n) is 2.60. The number of hydrogen-bond donors (Lipinski definition) is 2. The van der Waals surface area contributed by atoms with E-state index in [1.165, 1.54) is 0 Å². The van der Waals surface area contributed by atoms with Crippen molar-refractivity contribution in [1.82, 2.24) is 0 Å². The molecule has 0 aromatic rings. The molecular weight excluding hydrogens is 187 g/mol. The van der Waals surface area contributed by atoms with Crippen molar-refractivity contribution < 1.29 is 10.2 Å². The summed E-state index contributed by atoms with van der Waals surface area (Å²) in [6.45, 7) is 2.06. The highest BCUT2D eigenvalue weighted by Crippen LogP contribution is 2.22. The van der Waals surface area contributed by atoms with E-state index < -0.39 is 10.6 Å². The molecule has 0 aliphatic carbocycles. The Balaban J connectivity index is 3.44. The van der Waals surface area contributed by atoms with Crippen molar-refractivity contribution in [2.24, 2.45) is 0 Å². The summed E-state index contributed by atoms with van der Waals surface area (Å²) in [6.07, 6.45) is 3.53. The first-order valence-electron chi connectivity index (χ1n) is 3.76. The molecule has 68 valence electrons. The maximum Gasteiger partial charge on any atom is 0.260 e. The molecule has 0 bridgehead atoms. The van der Waals surface area contributed by atoms with Crippen molar-refractivity contribution in [2.75, 3.05) is 0 Å². The Bertz CT molecular complexity index is 101. The van der Waals surface area contributed by atoms with Crippen LogP contribution in [0.1, 0.15) is 32.6 Å². The largest absolute Gasteiger partial charge is 0.352 e. The Morgan fingerprint density at radius 1 is 1.36 bits per heavy atom. The lowest BCUT2D eigenvalue weighted by Crippen LogP contribution is -2.31. The first-order valence-corrected chi connectivity index (χ1v) is 4.57. The van der Waals surface area contributed by atoms with Crippen LogP contribution in [0.25, 0.3) is 0 Å². The van der Waals surface area contributed by atoms with Gasteiger partial charge in [0, 0.05) is 0 Å². The van der Waals surface area contributed by atoms with Crippen LogP contribution in [0.2, 0.25) is 0 Å². The fraction of sp³-hybridized carbons (Fsp3) is 1.00. The van der Waals surface area contributed by atoms with Gasteiger partial charge in [0.15, 0.2) is 0 Å². The third kappa shape index (κ3) is 5.74. The molecule has 2 nitrogen and oxygen atoms in total. The van der Waals surface area contributed by atoms with Gasteiger partial charge in [0.1, 0.15) is 5.38 Å². The van der Waals surface area contributed by atoms with Crippen molar-refractivity contribution in [2.45, 2.75) is 43.2 Å². The minimum absolute atomic E-state index is 0.534. The molecule has 0 radical (unpaired) electrons. The zero-order valence-electron chi connectivity index (χ0n) is 6.56. The summed E-state index contributed by atoms with van der Waals surface area (Å²) in [4.78, 5) is 0. The molecule has 0 heterocycles. The Morgan fingerprint density at radius 2 is 1.91 bits per heavy atom. The van der Waals surface area contributed by atoms with Gasteiger partial charge in [-0.1, -0.05) is 37.8 Å². The van der Waals surface area contributed by atoms with Gasteiger partial charge in [-0.2, -0.15) is 0 Å². The van der Waals surface area contributed by atoms with E-state index in [0.717, 1.165) is 19.3 Å². The standard InChI is InChI=1S/C7H14Cl2O2/c1-2-3-4-5-6(8)7(9,10)11/h6,10-11H,2-5H2,1H3. The van der Waals surface area contributed by atoms with E-state index >= 15 is 0 Å². The molecule has 1 atom stereocenters. The predicted octanol–water partition coefficient (Wildman–Crippen LogP) is 2.05. The highest BCUT2D eigenvalue weighted by Gasteiger charge is 2.29. The van der Waals surface area contributed by atoms with E-state index in [9.17, 15) is 0 Å². The van der Waals surface area contributed by atoms with E-state index in [4.69, 9.17) is 33.4 Å². The Kier molecular flexibility index (Phi) is 5.44. The van der Waals surface area contributed by atoms with E-state index in [1.54, 1.807) is 0 Å². The maximum absolute atomic E-state index is 8.77. The number of alkyl halides is 2. The van der Waals surface area contributed by atoms with Gasteiger partial charge in [0.2, 0.25) is 0 Å². The molecule has 0 aromatic carbocycles. The van der Waals surface area contributed by atoms with Crippen molar-refractivity contribution >= 4 is 23.2 Å². The van der Waals surface area contributed by atoms with Crippen molar-refractivity contribution in [3.05, 3.63) is 0 Å². The minimum Gasteiger partial charge on any atom is -0.352 e. The fourth-order valence-corrected chi connectivity index (χ4v) is 1.02. The molecule has 0 fully saturated rings. The van der Waals surface area contributed by atoms with Gasteiger partial charge in [-0.3, -0.25) is 0 Å². The van der Waals surface area contributed by atoms with Crippen molar-refractivity contribution in [3.63, 3.8) is 0 Å². The highest BCUT2D eigenvalue weighted by atomic mass is 35.5. The summed E-state index contributed by atoms with van der Waals surface area (Å²) >= 11 is 10.7. The molecule has 1 unspecified atom stereocenters. The Morgan fingerprint density at radius 3 is 2.27 bits per heavy atom. The van der Waals surface area contributed by atoms with Crippen LogP contribution < -0.4 is 0 Å². The summed E-state index contributed by atoms with van der Waals surface area (Å²) < 4.78 is 0. The molecule has 0 rings (SSSR count). The van der Waals surface area contributed by atoms with E-state index in [-0.39, 0.29) is 0 Å². The molecule has 11 heavy (non-hydrogen) atoms. The fourth-order valence-electron chi connectivity index (χ4n) is 0.757. The van der Waals surface area contributed by atoms with E-state index in [1.807, 2.05) is 0 Å². The second kappa shape index (κ2) is 5.20. The average molecular weight is 201 g/mol. The zero-order chi connectivity index (χ0) is 8.91. The van der Waals surface area contributed by atoms with Crippen molar-refractivity contribution in [3.8, 4) is 0 Å². The summed E-state index contributed by atoms with van der Waals surface area (Å²) in [7, 11) is 0. The maximum atomic E-state index is 8.77. The van der Waals surface area contributed by atoms with Gasteiger partial charge in [0.05, 0.1) is 0 Å². The van der Waals surface area contributed by atoms with E-state index in [0.29, 0.717) is 6.42 Å². The van der Waals surface area contributed by atoms with Crippen LogP contribution in [0, 0.1) is 0 Å².